The van der Waals surface area contributed by atoms with Gasteiger partial charge in [0, 0.05) is 0 Å². The van der Waals surface area contributed by atoms with Crippen LogP contribution in [0.1, 0.15) is 26.7 Å². The highest BCUT2D eigenvalue weighted by Gasteiger charge is 2.00. The van der Waals surface area contributed by atoms with E-state index in [1.54, 1.807) is 0 Å². The van der Waals surface area contributed by atoms with Crippen LogP contribution in [0.15, 0.2) is 0 Å². The summed E-state index contributed by atoms with van der Waals surface area (Å²) in [4.78, 5) is 0. The molecule has 0 aromatic heterocycles. The molecule has 2 nitrogen and oxygen atoms in total. The molecule has 0 aliphatic rings. The SMILES string of the molecule is CCC(CC)OP=O.[AlH3]. The second-order valence-electron chi connectivity index (χ2n) is 1.62. The van der Waals surface area contributed by atoms with Gasteiger partial charge in [-0.2, -0.15) is 0 Å². The summed E-state index contributed by atoms with van der Waals surface area (Å²) < 4.78 is 14.6. The summed E-state index contributed by atoms with van der Waals surface area (Å²) >= 11 is 0. The van der Waals surface area contributed by atoms with Crippen LogP contribution in [-0.4, -0.2) is 23.5 Å². The predicted octanol–water partition coefficient (Wildman–Crippen LogP) is 1.21. The Hall–Kier alpha value is 0.592. The van der Waals surface area contributed by atoms with E-state index >= 15 is 0 Å². The van der Waals surface area contributed by atoms with E-state index in [9.17, 15) is 4.57 Å². The van der Waals surface area contributed by atoms with Gasteiger partial charge in [0.15, 0.2) is 17.4 Å². The minimum absolute atomic E-state index is 0. The van der Waals surface area contributed by atoms with Crippen molar-refractivity contribution in [3.8, 4) is 0 Å². The molecule has 0 radical (unpaired) electrons. The first-order valence-electron chi connectivity index (χ1n) is 2.83. The van der Waals surface area contributed by atoms with Crippen LogP contribution in [0, 0.1) is 0 Å². The molecular weight excluding hydrogens is 150 g/mol. The van der Waals surface area contributed by atoms with E-state index < -0.39 is 0 Å². The van der Waals surface area contributed by atoms with Gasteiger partial charge in [0.25, 0.3) is 0 Å². The molecule has 4 heteroatoms. The highest BCUT2D eigenvalue weighted by Crippen LogP contribution is 2.08. The van der Waals surface area contributed by atoms with Gasteiger partial charge in [-0.3, -0.25) is 4.52 Å². The van der Waals surface area contributed by atoms with Gasteiger partial charge in [-0.15, -0.1) is 0 Å². The van der Waals surface area contributed by atoms with Crippen LogP contribution < -0.4 is 0 Å². The van der Waals surface area contributed by atoms with Crippen molar-refractivity contribution in [3.05, 3.63) is 0 Å². The monoisotopic (exact) mass is 164 g/mol. The van der Waals surface area contributed by atoms with E-state index in [2.05, 4.69) is 0 Å². The van der Waals surface area contributed by atoms with Gasteiger partial charge in [-0.05, 0) is 12.8 Å². The molecule has 0 atom stereocenters. The van der Waals surface area contributed by atoms with Gasteiger partial charge in [0.1, 0.15) is 0 Å². The molecule has 0 rings (SSSR count). The molecule has 54 valence electrons. The standard InChI is InChI=1S/C5H11O2P.Al.3H/c1-3-5(4-2)7-8-6;;;;/h5H,3-4H2,1-2H3;;;;. The molecule has 0 heterocycles. The van der Waals surface area contributed by atoms with Crippen LogP contribution in [0.3, 0.4) is 0 Å². The molecule has 0 N–H and O–H groups in total. The van der Waals surface area contributed by atoms with Crippen molar-refractivity contribution >= 4 is 26.0 Å². The number of hydrogen-bond acceptors (Lipinski definition) is 2. The number of rotatable bonds is 4. The molecule has 0 unspecified atom stereocenters. The van der Waals surface area contributed by atoms with Crippen molar-refractivity contribution in [1.29, 1.82) is 0 Å². The third kappa shape index (κ3) is 6.48. The summed E-state index contributed by atoms with van der Waals surface area (Å²) in [5.74, 6) is 0. The topological polar surface area (TPSA) is 26.3 Å². The highest BCUT2D eigenvalue weighted by atomic mass is 31.1. The fourth-order valence-corrected chi connectivity index (χ4v) is 0.918. The largest absolute Gasteiger partial charge is 0.327 e. The highest BCUT2D eigenvalue weighted by molar-refractivity contribution is 7.17. The number of hydrogen-bond donors (Lipinski definition) is 0. The van der Waals surface area contributed by atoms with E-state index in [0.29, 0.717) is 0 Å². The molecule has 0 saturated carbocycles. The first-order chi connectivity index (χ1) is 3.85. The van der Waals surface area contributed by atoms with Crippen molar-refractivity contribution in [3.63, 3.8) is 0 Å². The fraction of sp³-hybridized carbons (Fsp3) is 1.00. The Morgan fingerprint density at radius 2 is 1.89 bits per heavy atom. The third-order valence-electron chi connectivity index (χ3n) is 1.10. The van der Waals surface area contributed by atoms with Crippen LogP contribution in [0.2, 0.25) is 0 Å². The lowest BCUT2D eigenvalue weighted by Gasteiger charge is -2.04. The van der Waals surface area contributed by atoms with Gasteiger partial charge in [0.2, 0.25) is 0 Å². The lowest BCUT2D eigenvalue weighted by atomic mass is 10.2. The zero-order valence-electron chi connectivity index (χ0n) is 5.26. The van der Waals surface area contributed by atoms with Gasteiger partial charge < -0.3 is 0 Å². The lowest BCUT2D eigenvalue weighted by molar-refractivity contribution is 0.214. The Labute approximate surface area is 68.4 Å². The van der Waals surface area contributed by atoms with Gasteiger partial charge in [-0.25, -0.2) is 4.57 Å². The first-order valence-corrected chi connectivity index (χ1v) is 3.56. The quantitative estimate of drug-likeness (QED) is 0.461. The molecule has 0 saturated heterocycles. The molecule has 0 bridgehead atoms. The van der Waals surface area contributed by atoms with Crippen molar-refractivity contribution in [2.45, 2.75) is 32.8 Å². The average molecular weight is 164 g/mol. The van der Waals surface area contributed by atoms with Crippen LogP contribution in [0.25, 0.3) is 0 Å². The van der Waals surface area contributed by atoms with Gasteiger partial charge >= 0.3 is 8.69 Å². The normalized spacial score (nSPS) is 9.67. The van der Waals surface area contributed by atoms with E-state index in [0.717, 1.165) is 12.8 Å². The van der Waals surface area contributed by atoms with E-state index in [-0.39, 0.29) is 32.2 Å². The summed E-state index contributed by atoms with van der Waals surface area (Å²) in [5, 5.41) is 0. The first kappa shape index (κ1) is 12.3. The van der Waals surface area contributed by atoms with Crippen LogP contribution in [0.4, 0.5) is 0 Å². The summed E-state index contributed by atoms with van der Waals surface area (Å²) in [7, 11) is -0.195. The van der Waals surface area contributed by atoms with Crippen molar-refractivity contribution in [1.82, 2.24) is 0 Å². The Morgan fingerprint density at radius 3 is 2.00 bits per heavy atom. The lowest BCUT2D eigenvalue weighted by Crippen LogP contribution is -2.02. The fourth-order valence-electron chi connectivity index (χ4n) is 0.499. The Bertz CT molecular complexity index is 66.0. The van der Waals surface area contributed by atoms with Gasteiger partial charge in [0.05, 0.1) is 6.10 Å². The van der Waals surface area contributed by atoms with Crippen LogP contribution in [0.5, 0.6) is 0 Å². The molecule has 0 spiro atoms. The molecule has 0 aliphatic carbocycles. The molecule has 0 aliphatic heterocycles. The average Bonchev–Trinajstić information content (AvgIpc) is 1.83. The van der Waals surface area contributed by atoms with Gasteiger partial charge in [-0.1, -0.05) is 13.8 Å². The zero-order chi connectivity index (χ0) is 6.41. The minimum Gasteiger partial charge on any atom is -0.291 e. The summed E-state index contributed by atoms with van der Waals surface area (Å²) in [6.07, 6.45) is 2.05. The second-order valence-corrected chi connectivity index (χ2v) is 1.98. The van der Waals surface area contributed by atoms with Crippen molar-refractivity contribution < 1.29 is 9.09 Å². The zero-order valence-corrected chi connectivity index (χ0v) is 6.15. The molecule has 0 aromatic rings. The van der Waals surface area contributed by atoms with Crippen LogP contribution in [-0.2, 0) is 9.09 Å². The Kier molecular flexibility index (Phi) is 11.7. The summed E-state index contributed by atoms with van der Waals surface area (Å²) in [6, 6.07) is 0. The molecule has 0 aromatic carbocycles. The summed E-state index contributed by atoms with van der Waals surface area (Å²) in [5.41, 5.74) is 0. The minimum atomic E-state index is -0.195. The van der Waals surface area contributed by atoms with Crippen LogP contribution >= 0.6 is 8.69 Å². The Morgan fingerprint density at radius 1 is 1.44 bits per heavy atom. The molecule has 0 amide bonds. The summed E-state index contributed by atoms with van der Waals surface area (Å²) in [6.45, 7) is 4.03. The smallest absolute Gasteiger partial charge is 0.291 e. The molecule has 9 heavy (non-hydrogen) atoms. The molecule has 0 fully saturated rings. The maximum Gasteiger partial charge on any atom is 0.327 e. The molecular formula is C5H14AlO2P. The van der Waals surface area contributed by atoms with E-state index in [1.165, 1.54) is 0 Å². The second kappa shape index (κ2) is 8.59. The van der Waals surface area contributed by atoms with Crippen molar-refractivity contribution in [2.75, 3.05) is 0 Å². The van der Waals surface area contributed by atoms with Crippen molar-refractivity contribution in [2.24, 2.45) is 0 Å². The van der Waals surface area contributed by atoms with E-state index in [4.69, 9.17) is 4.52 Å². The maximum absolute atomic E-state index is 9.81. The van der Waals surface area contributed by atoms with E-state index in [1.807, 2.05) is 13.8 Å². The Balaban J connectivity index is 0. The maximum atomic E-state index is 9.81. The third-order valence-corrected chi connectivity index (χ3v) is 1.49. The predicted molar refractivity (Wildman–Crippen MR) is 43.0 cm³/mol.